The Kier molecular flexibility index (Phi) is 3.41. The number of hydrogen-bond acceptors (Lipinski definition) is 3. The molecule has 1 aromatic carbocycles. The summed E-state index contributed by atoms with van der Waals surface area (Å²) in [5.41, 5.74) is 7.04. The second-order valence-corrected chi connectivity index (χ2v) is 4.07. The molecule has 0 radical (unpaired) electrons. The molecule has 1 unspecified atom stereocenters. The minimum atomic E-state index is -0.231. The van der Waals surface area contributed by atoms with Crippen molar-refractivity contribution in [1.29, 1.82) is 0 Å². The smallest absolute Gasteiger partial charge is 0.129 e. The van der Waals surface area contributed by atoms with Crippen LogP contribution in [-0.2, 0) is 11.3 Å². The Labute approximate surface area is 95.0 Å². The quantitative estimate of drug-likeness (QED) is 0.845. The highest BCUT2D eigenvalue weighted by molar-refractivity contribution is 5.54. The lowest BCUT2D eigenvalue weighted by Gasteiger charge is -2.27. The number of halogens is 1. The first-order valence-corrected chi connectivity index (χ1v) is 5.52. The van der Waals surface area contributed by atoms with Crippen LogP contribution < -0.4 is 10.6 Å². The van der Waals surface area contributed by atoms with Gasteiger partial charge in [-0.15, -0.1) is 0 Å². The first kappa shape index (κ1) is 11.4. The third-order valence-corrected chi connectivity index (χ3v) is 3.13. The standard InChI is InChI=1S/C12H17FN2O/c1-15(9-5-6-16-8-9)12-4-2-3-11(13)10(12)7-14/h2-4,9H,5-8,14H2,1H3. The van der Waals surface area contributed by atoms with Gasteiger partial charge in [0.15, 0.2) is 0 Å². The van der Waals surface area contributed by atoms with E-state index < -0.39 is 0 Å². The molecule has 88 valence electrons. The SMILES string of the molecule is CN(c1cccc(F)c1CN)C1CCOC1. The molecule has 0 aliphatic carbocycles. The highest BCUT2D eigenvalue weighted by atomic mass is 19.1. The van der Waals surface area contributed by atoms with Crippen LogP contribution in [0, 0.1) is 5.82 Å². The van der Waals surface area contributed by atoms with Crippen LogP contribution in [0.3, 0.4) is 0 Å². The van der Waals surface area contributed by atoms with Gasteiger partial charge in [0, 0.05) is 31.5 Å². The molecule has 2 rings (SSSR count). The Balaban J connectivity index is 2.27. The van der Waals surface area contributed by atoms with E-state index in [2.05, 4.69) is 4.90 Å². The molecule has 4 heteroatoms. The van der Waals surface area contributed by atoms with Crippen LogP contribution in [0.2, 0.25) is 0 Å². The van der Waals surface area contributed by atoms with Gasteiger partial charge >= 0.3 is 0 Å². The Morgan fingerprint density at radius 2 is 2.38 bits per heavy atom. The summed E-state index contributed by atoms with van der Waals surface area (Å²) in [5.74, 6) is -0.231. The number of benzene rings is 1. The summed E-state index contributed by atoms with van der Waals surface area (Å²) < 4.78 is 18.9. The molecule has 2 N–H and O–H groups in total. The molecule has 0 spiro atoms. The number of nitrogens with zero attached hydrogens (tertiary/aromatic N) is 1. The van der Waals surface area contributed by atoms with Gasteiger partial charge in [0.1, 0.15) is 5.82 Å². The molecule has 0 saturated carbocycles. The minimum Gasteiger partial charge on any atom is -0.379 e. The van der Waals surface area contributed by atoms with E-state index in [0.717, 1.165) is 18.7 Å². The number of rotatable bonds is 3. The highest BCUT2D eigenvalue weighted by Crippen LogP contribution is 2.25. The molecule has 1 atom stereocenters. The van der Waals surface area contributed by atoms with Crippen molar-refractivity contribution in [2.24, 2.45) is 5.73 Å². The largest absolute Gasteiger partial charge is 0.379 e. The van der Waals surface area contributed by atoms with Crippen LogP contribution in [0.25, 0.3) is 0 Å². The van der Waals surface area contributed by atoms with E-state index in [0.29, 0.717) is 18.2 Å². The average molecular weight is 224 g/mol. The maximum Gasteiger partial charge on any atom is 0.129 e. The summed E-state index contributed by atoms with van der Waals surface area (Å²) >= 11 is 0. The van der Waals surface area contributed by atoms with Crippen LogP contribution >= 0.6 is 0 Å². The predicted molar refractivity (Wildman–Crippen MR) is 61.9 cm³/mol. The van der Waals surface area contributed by atoms with Gasteiger partial charge in [0.05, 0.1) is 12.6 Å². The van der Waals surface area contributed by atoms with Crippen LogP contribution in [0.15, 0.2) is 18.2 Å². The summed E-state index contributed by atoms with van der Waals surface area (Å²) in [7, 11) is 1.97. The Morgan fingerprint density at radius 1 is 1.56 bits per heavy atom. The molecule has 16 heavy (non-hydrogen) atoms. The predicted octanol–water partition coefficient (Wildman–Crippen LogP) is 1.51. The number of hydrogen-bond donors (Lipinski definition) is 1. The summed E-state index contributed by atoms with van der Waals surface area (Å²) in [6.45, 7) is 1.71. The molecule has 0 amide bonds. The van der Waals surface area contributed by atoms with Crippen molar-refractivity contribution in [3.63, 3.8) is 0 Å². The van der Waals surface area contributed by atoms with Crippen molar-refractivity contribution < 1.29 is 9.13 Å². The van der Waals surface area contributed by atoms with Crippen LogP contribution in [0.4, 0.5) is 10.1 Å². The first-order chi connectivity index (χ1) is 7.74. The number of anilines is 1. The number of ether oxygens (including phenoxy) is 1. The maximum absolute atomic E-state index is 13.6. The fourth-order valence-corrected chi connectivity index (χ4v) is 2.10. The summed E-state index contributed by atoms with van der Waals surface area (Å²) in [6, 6.07) is 5.40. The fourth-order valence-electron chi connectivity index (χ4n) is 2.10. The summed E-state index contributed by atoms with van der Waals surface area (Å²) in [5, 5.41) is 0. The van der Waals surface area contributed by atoms with Gasteiger partial charge in [-0.3, -0.25) is 0 Å². The van der Waals surface area contributed by atoms with E-state index in [1.807, 2.05) is 13.1 Å². The number of nitrogens with two attached hydrogens (primary N) is 1. The topological polar surface area (TPSA) is 38.5 Å². The van der Waals surface area contributed by atoms with Gasteiger partial charge in [-0.1, -0.05) is 6.07 Å². The zero-order valence-corrected chi connectivity index (χ0v) is 9.45. The van der Waals surface area contributed by atoms with Gasteiger partial charge in [-0.2, -0.15) is 0 Å². The minimum absolute atomic E-state index is 0.222. The molecular formula is C12H17FN2O. The zero-order valence-electron chi connectivity index (χ0n) is 9.45. The lowest BCUT2D eigenvalue weighted by molar-refractivity contribution is 0.193. The van der Waals surface area contributed by atoms with Gasteiger partial charge in [-0.25, -0.2) is 4.39 Å². The Bertz CT molecular complexity index is 364. The van der Waals surface area contributed by atoms with Gasteiger partial charge in [0.25, 0.3) is 0 Å². The molecular weight excluding hydrogens is 207 g/mol. The molecule has 1 heterocycles. The lowest BCUT2D eigenvalue weighted by atomic mass is 10.1. The van der Waals surface area contributed by atoms with Crippen LogP contribution in [0.1, 0.15) is 12.0 Å². The van der Waals surface area contributed by atoms with Crippen molar-refractivity contribution in [3.8, 4) is 0 Å². The fraction of sp³-hybridized carbons (Fsp3) is 0.500. The van der Waals surface area contributed by atoms with Gasteiger partial charge in [-0.05, 0) is 18.6 Å². The third-order valence-electron chi connectivity index (χ3n) is 3.13. The van der Waals surface area contributed by atoms with Gasteiger partial charge < -0.3 is 15.4 Å². The van der Waals surface area contributed by atoms with E-state index in [1.54, 1.807) is 6.07 Å². The first-order valence-electron chi connectivity index (χ1n) is 5.52. The zero-order chi connectivity index (χ0) is 11.5. The molecule has 1 saturated heterocycles. The van der Waals surface area contributed by atoms with Crippen LogP contribution in [-0.4, -0.2) is 26.3 Å². The second kappa shape index (κ2) is 4.80. The van der Waals surface area contributed by atoms with Crippen molar-refractivity contribution in [1.82, 2.24) is 0 Å². The Hall–Kier alpha value is -1.13. The second-order valence-electron chi connectivity index (χ2n) is 4.07. The summed E-state index contributed by atoms with van der Waals surface area (Å²) in [4.78, 5) is 2.07. The van der Waals surface area contributed by atoms with E-state index in [4.69, 9.17) is 10.5 Å². The van der Waals surface area contributed by atoms with Crippen molar-refractivity contribution >= 4 is 5.69 Å². The molecule has 0 bridgehead atoms. The van der Waals surface area contributed by atoms with Crippen molar-refractivity contribution in [3.05, 3.63) is 29.6 Å². The molecule has 1 aliphatic heterocycles. The third kappa shape index (κ3) is 2.03. The highest BCUT2D eigenvalue weighted by Gasteiger charge is 2.22. The van der Waals surface area contributed by atoms with E-state index in [1.165, 1.54) is 6.07 Å². The van der Waals surface area contributed by atoms with Crippen molar-refractivity contribution in [2.45, 2.75) is 19.0 Å². The van der Waals surface area contributed by atoms with Crippen LogP contribution in [0.5, 0.6) is 0 Å². The molecule has 1 fully saturated rings. The van der Waals surface area contributed by atoms with E-state index >= 15 is 0 Å². The lowest BCUT2D eigenvalue weighted by Crippen LogP contribution is -2.33. The molecule has 1 aliphatic rings. The summed E-state index contributed by atoms with van der Waals surface area (Å²) in [6.07, 6.45) is 0.983. The van der Waals surface area contributed by atoms with Crippen molar-refractivity contribution in [2.75, 3.05) is 25.2 Å². The van der Waals surface area contributed by atoms with Gasteiger partial charge in [0.2, 0.25) is 0 Å². The molecule has 3 nitrogen and oxygen atoms in total. The molecule has 1 aromatic rings. The monoisotopic (exact) mass is 224 g/mol. The Morgan fingerprint density at radius 3 is 3.00 bits per heavy atom. The average Bonchev–Trinajstić information content (AvgIpc) is 2.81. The normalized spacial score (nSPS) is 20.1. The number of likely N-dealkylation sites (N-methyl/N-ethyl adjacent to an activating group) is 1. The maximum atomic E-state index is 13.6. The van der Waals surface area contributed by atoms with E-state index in [-0.39, 0.29) is 12.4 Å². The van der Waals surface area contributed by atoms with E-state index in [9.17, 15) is 4.39 Å². The molecule has 0 aromatic heterocycles.